The molecule has 0 unspecified atom stereocenters. The van der Waals surface area contributed by atoms with E-state index in [9.17, 15) is 0 Å². The highest BCUT2D eigenvalue weighted by Crippen LogP contribution is 2.20. The first-order valence-corrected chi connectivity index (χ1v) is 10.4. The quantitative estimate of drug-likeness (QED) is 0.756. The Morgan fingerprint density at radius 2 is 1.66 bits per heavy atom. The molecule has 0 amide bonds. The van der Waals surface area contributed by atoms with E-state index < -0.39 is 0 Å². The number of nitriles is 1. The van der Waals surface area contributed by atoms with Crippen molar-refractivity contribution in [3.8, 4) is 6.07 Å². The van der Waals surface area contributed by atoms with Gasteiger partial charge in [-0.3, -0.25) is 19.7 Å². The van der Waals surface area contributed by atoms with Crippen molar-refractivity contribution in [2.45, 2.75) is 32.0 Å². The number of piperidine rings is 1. The fourth-order valence-corrected chi connectivity index (χ4v) is 4.45. The van der Waals surface area contributed by atoms with Gasteiger partial charge in [-0.25, -0.2) is 0 Å². The van der Waals surface area contributed by atoms with Gasteiger partial charge in [0.25, 0.3) is 0 Å². The molecular weight excluding hydrogens is 382 g/mol. The number of rotatable bonds is 5. The molecule has 0 bridgehead atoms. The molecule has 4 rings (SSSR count). The smallest absolute Gasteiger partial charge is 0.0991 e. The zero-order chi connectivity index (χ0) is 19.2. The van der Waals surface area contributed by atoms with Crippen molar-refractivity contribution in [3.63, 3.8) is 0 Å². The van der Waals surface area contributed by atoms with Crippen LogP contribution in [0.15, 0.2) is 48.7 Å². The van der Waals surface area contributed by atoms with Crippen molar-refractivity contribution in [2.24, 2.45) is 0 Å². The minimum Gasteiger partial charge on any atom is -0.299 e. The third kappa shape index (κ3) is 6.01. The largest absolute Gasteiger partial charge is 0.299 e. The summed E-state index contributed by atoms with van der Waals surface area (Å²) < 4.78 is 0. The Morgan fingerprint density at radius 3 is 2.34 bits per heavy atom. The first-order valence-electron chi connectivity index (χ1n) is 10.4. The van der Waals surface area contributed by atoms with E-state index in [0.29, 0.717) is 0 Å². The average Bonchev–Trinajstić information content (AvgIpc) is 2.76. The van der Waals surface area contributed by atoms with Crippen LogP contribution in [-0.2, 0) is 13.1 Å². The normalized spacial score (nSPS) is 19.4. The van der Waals surface area contributed by atoms with Crippen molar-refractivity contribution in [3.05, 3.63) is 65.5 Å². The number of aromatic nitrogens is 1. The van der Waals surface area contributed by atoms with Crippen molar-refractivity contribution < 1.29 is 0 Å². The number of hydrogen-bond donors (Lipinski definition) is 0. The fourth-order valence-electron chi connectivity index (χ4n) is 4.45. The molecule has 154 valence electrons. The lowest BCUT2D eigenvalue weighted by Gasteiger charge is -2.42. The summed E-state index contributed by atoms with van der Waals surface area (Å²) in [7, 11) is 0. The molecule has 29 heavy (non-hydrogen) atoms. The molecule has 0 saturated carbocycles. The zero-order valence-corrected chi connectivity index (χ0v) is 17.7. The van der Waals surface area contributed by atoms with Gasteiger partial charge in [-0.05, 0) is 55.8 Å². The van der Waals surface area contributed by atoms with E-state index in [4.69, 9.17) is 5.26 Å². The maximum Gasteiger partial charge on any atom is 0.0991 e. The monoisotopic (exact) mass is 411 g/mol. The van der Waals surface area contributed by atoms with Crippen LogP contribution >= 0.6 is 12.4 Å². The van der Waals surface area contributed by atoms with E-state index in [1.807, 2.05) is 30.5 Å². The lowest BCUT2D eigenvalue weighted by molar-refractivity contribution is 0.0546. The number of hydrogen-bond acceptors (Lipinski definition) is 5. The molecule has 1 aromatic carbocycles. The van der Waals surface area contributed by atoms with E-state index in [1.54, 1.807) is 0 Å². The second-order valence-corrected chi connectivity index (χ2v) is 7.95. The Kier molecular flexibility index (Phi) is 8.02. The second kappa shape index (κ2) is 10.7. The molecule has 3 heterocycles. The van der Waals surface area contributed by atoms with Crippen LogP contribution in [0.3, 0.4) is 0 Å². The number of nitrogens with zero attached hydrogens (tertiary/aromatic N) is 5. The summed E-state index contributed by atoms with van der Waals surface area (Å²) >= 11 is 0. The molecule has 0 N–H and O–H groups in total. The van der Waals surface area contributed by atoms with E-state index in [0.717, 1.165) is 50.9 Å². The number of halogens is 1. The van der Waals surface area contributed by atoms with Crippen molar-refractivity contribution in [2.75, 3.05) is 39.3 Å². The van der Waals surface area contributed by atoms with Gasteiger partial charge in [-0.1, -0.05) is 18.2 Å². The van der Waals surface area contributed by atoms with Crippen LogP contribution in [0.1, 0.15) is 29.7 Å². The molecule has 2 saturated heterocycles. The van der Waals surface area contributed by atoms with Crippen LogP contribution in [0.4, 0.5) is 0 Å². The van der Waals surface area contributed by atoms with Gasteiger partial charge in [0.2, 0.25) is 0 Å². The highest BCUT2D eigenvalue weighted by Gasteiger charge is 2.27. The van der Waals surface area contributed by atoms with Gasteiger partial charge in [-0.2, -0.15) is 5.26 Å². The van der Waals surface area contributed by atoms with Crippen molar-refractivity contribution in [1.82, 2.24) is 19.7 Å². The molecule has 2 aromatic rings. The van der Waals surface area contributed by atoms with Crippen molar-refractivity contribution in [1.29, 1.82) is 5.26 Å². The first kappa shape index (κ1) is 21.7. The molecule has 2 aliphatic rings. The van der Waals surface area contributed by atoms with E-state index in [2.05, 4.69) is 44.0 Å². The molecular formula is C23H30ClN5. The molecule has 2 aliphatic heterocycles. The van der Waals surface area contributed by atoms with Crippen LogP contribution in [0.5, 0.6) is 0 Å². The molecule has 0 spiro atoms. The standard InChI is InChI=1S/C23H29N5.ClH/c24-17-20-4-3-5-21(16-20)18-26-10-7-23(8-11-26)28-14-12-27(13-15-28)19-22-6-1-2-9-25-22;/h1-6,9,16,23H,7-8,10-15,18-19H2;1H. The summed E-state index contributed by atoms with van der Waals surface area (Å²) in [5.74, 6) is 0. The molecule has 1 aromatic heterocycles. The summed E-state index contributed by atoms with van der Waals surface area (Å²) in [5, 5.41) is 9.07. The van der Waals surface area contributed by atoms with Gasteiger partial charge >= 0.3 is 0 Å². The molecule has 2 fully saturated rings. The van der Waals surface area contributed by atoms with Gasteiger partial charge in [0.05, 0.1) is 17.3 Å². The lowest BCUT2D eigenvalue weighted by Crippen LogP contribution is -2.52. The van der Waals surface area contributed by atoms with Crippen molar-refractivity contribution >= 4 is 12.4 Å². The van der Waals surface area contributed by atoms with Gasteiger partial charge in [-0.15, -0.1) is 12.4 Å². The van der Waals surface area contributed by atoms with Crippen LogP contribution in [0, 0.1) is 11.3 Å². The zero-order valence-electron chi connectivity index (χ0n) is 16.9. The van der Waals surface area contributed by atoms with Gasteiger partial charge in [0.15, 0.2) is 0 Å². The highest BCUT2D eigenvalue weighted by molar-refractivity contribution is 5.85. The summed E-state index contributed by atoms with van der Waals surface area (Å²) in [6.07, 6.45) is 4.38. The molecule has 5 nitrogen and oxygen atoms in total. The van der Waals surface area contributed by atoms with E-state index in [1.165, 1.54) is 37.2 Å². The third-order valence-electron chi connectivity index (χ3n) is 6.05. The number of benzene rings is 1. The average molecular weight is 412 g/mol. The molecule has 0 aliphatic carbocycles. The SMILES string of the molecule is Cl.N#Cc1cccc(CN2CCC(N3CCN(Cc4ccccn4)CC3)CC2)c1. The fraction of sp³-hybridized carbons (Fsp3) is 0.478. The minimum atomic E-state index is 0. The Hall–Kier alpha value is -1.97. The van der Waals surface area contributed by atoms with Crippen LogP contribution in [0.2, 0.25) is 0 Å². The maximum atomic E-state index is 9.07. The van der Waals surface area contributed by atoms with Gasteiger partial charge < -0.3 is 0 Å². The summed E-state index contributed by atoms with van der Waals surface area (Å²) in [6, 6.07) is 17.2. The number of pyridine rings is 1. The Bertz CT molecular complexity index is 790. The molecule has 0 radical (unpaired) electrons. The van der Waals surface area contributed by atoms with Gasteiger partial charge in [0.1, 0.15) is 0 Å². The number of likely N-dealkylation sites (tertiary alicyclic amines) is 1. The minimum absolute atomic E-state index is 0. The first-order chi connectivity index (χ1) is 13.8. The summed E-state index contributed by atoms with van der Waals surface area (Å²) in [6.45, 7) is 8.83. The Labute approximate surface area is 180 Å². The summed E-state index contributed by atoms with van der Waals surface area (Å²) in [5.41, 5.74) is 3.18. The van der Waals surface area contributed by atoms with Gasteiger partial charge in [0, 0.05) is 51.5 Å². The number of piperazine rings is 1. The topological polar surface area (TPSA) is 46.4 Å². The predicted octanol–water partition coefficient (Wildman–Crippen LogP) is 3.16. The van der Waals surface area contributed by atoms with Crippen LogP contribution < -0.4 is 0 Å². The highest BCUT2D eigenvalue weighted by atomic mass is 35.5. The van der Waals surface area contributed by atoms with Crippen LogP contribution in [0.25, 0.3) is 0 Å². The maximum absolute atomic E-state index is 9.07. The molecule has 6 heteroatoms. The second-order valence-electron chi connectivity index (χ2n) is 7.95. The lowest BCUT2D eigenvalue weighted by atomic mass is 10.0. The Balaban J connectivity index is 0.00000240. The van der Waals surface area contributed by atoms with Crippen LogP contribution in [-0.4, -0.2) is 65.0 Å². The molecule has 0 atom stereocenters. The Morgan fingerprint density at radius 1 is 0.897 bits per heavy atom. The van der Waals surface area contributed by atoms with E-state index >= 15 is 0 Å². The third-order valence-corrected chi connectivity index (χ3v) is 6.05. The van der Waals surface area contributed by atoms with E-state index in [-0.39, 0.29) is 12.4 Å². The summed E-state index contributed by atoms with van der Waals surface area (Å²) in [4.78, 5) is 12.2. The predicted molar refractivity (Wildman–Crippen MR) is 118 cm³/mol.